The Hall–Kier alpha value is -1.67. The molecule has 0 unspecified atom stereocenters. The molecule has 0 aliphatic heterocycles. The monoisotopic (exact) mass is 367 g/mol. The molecule has 8 heteroatoms. The van der Waals surface area contributed by atoms with Crippen molar-refractivity contribution < 1.29 is 13.2 Å². The highest BCUT2D eigenvalue weighted by atomic mass is 32.2. The van der Waals surface area contributed by atoms with Crippen LogP contribution in [0.3, 0.4) is 0 Å². The molecule has 6 nitrogen and oxygen atoms in total. The zero-order chi connectivity index (χ0) is 17.0. The van der Waals surface area contributed by atoms with Crippen LogP contribution in [-0.2, 0) is 10.0 Å². The average Bonchev–Trinajstić information content (AvgIpc) is 3.15. The average molecular weight is 367 g/mol. The number of hydrogen-bond donors (Lipinski definition) is 0. The minimum Gasteiger partial charge on any atom is -0.493 e. The van der Waals surface area contributed by atoms with Crippen molar-refractivity contribution in [1.82, 2.24) is 10.2 Å². The van der Waals surface area contributed by atoms with Gasteiger partial charge in [-0.1, -0.05) is 30.6 Å². The van der Waals surface area contributed by atoms with Crippen LogP contribution in [-0.4, -0.2) is 32.3 Å². The summed E-state index contributed by atoms with van der Waals surface area (Å²) in [6, 6.07) is 6.57. The fraction of sp³-hybridized carbons (Fsp3) is 0.500. The minimum atomic E-state index is -3.63. The van der Waals surface area contributed by atoms with Crippen molar-refractivity contribution in [3.63, 3.8) is 0 Å². The van der Waals surface area contributed by atoms with Crippen molar-refractivity contribution in [2.75, 3.05) is 18.0 Å². The van der Waals surface area contributed by atoms with Crippen LogP contribution >= 0.6 is 11.3 Å². The van der Waals surface area contributed by atoms with Crippen LogP contribution in [0.15, 0.2) is 34.7 Å². The summed E-state index contributed by atoms with van der Waals surface area (Å²) in [6.07, 6.45) is 6.33. The number of rotatable bonds is 6. The molecule has 1 aliphatic rings. The first-order valence-corrected chi connectivity index (χ1v) is 10.4. The van der Waals surface area contributed by atoms with Crippen molar-refractivity contribution in [1.29, 1.82) is 0 Å². The lowest BCUT2D eigenvalue weighted by Gasteiger charge is -2.21. The van der Waals surface area contributed by atoms with Gasteiger partial charge >= 0.3 is 0 Å². The van der Waals surface area contributed by atoms with Crippen LogP contribution in [0, 0.1) is 5.92 Å². The van der Waals surface area contributed by atoms with Crippen LogP contribution < -0.4 is 9.04 Å². The Kier molecular flexibility index (Phi) is 5.35. The van der Waals surface area contributed by atoms with E-state index in [-0.39, 0.29) is 4.90 Å². The predicted molar refractivity (Wildman–Crippen MR) is 94.0 cm³/mol. The highest BCUT2D eigenvalue weighted by Crippen LogP contribution is 2.26. The maximum Gasteiger partial charge on any atom is 0.265 e. The number of benzene rings is 1. The van der Waals surface area contributed by atoms with Gasteiger partial charge in [0.15, 0.2) is 0 Å². The van der Waals surface area contributed by atoms with E-state index in [0.717, 1.165) is 4.31 Å². The van der Waals surface area contributed by atoms with Crippen molar-refractivity contribution >= 4 is 26.5 Å². The normalized spacial score (nSPS) is 16.0. The number of hydrogen-bond acceptors (Lipinski definition) is 6. The molecule has 1 aliphatic carbocycles. The van der Waals surface area contributed by atoms with Crippen LogP contribution in [0.25, 0.3) is 0 Å². The zero-order valence-electron chi connectivity index (χ0n) is 13.6. The summed E-state index contributed by atoms with van der Waals surface area (Å²) in [4.78, 5) is 0.213. The topological polar surface area (TPSA) is 72.4 Å². The van der Waals surface area contributed by atoms with Crippen molar-refractivity contribution in [3.8, 4) is 5.75 Å². The van der Waals surface area contributed by atoms with Gasteiger partial charge in [0.05, 0.1) is 11.5 Å². The van der Waals surface area contributed by atoms with Gasteiger partial charge in [-0.25, -0.2) is 12.7 Å². The van der Waals surface area contributed by atoms with Gasteiger partial charge in [0.25, 0.3) is 10.0 Å². The van der Waals surface area contributed by atoms with Gasteiger partial charge in [-0.05, 0) is 43.0 Å². The first-order chi connectivity index (χ1) is 11.6. The molecule has 0 radical (unpaired) electrons. The molecule has 0 N–H and O–H groups in total. The SMILES string of the molecule is CN(c1nncs1)S(=O)(=O)c1ccc(OCC2CCCCC2)cc1. The van der Waals surface area contributed by atoms with Gasteiger partial charge in [-0.2, -0.15) is 0 Å². The Morgan fingerprint density at radius 1 is 1.21 bits per heavy atom. The summed E-state index contributed by atoms with van der Waals surface area (Å²) in [5.41, 5.74) is 1.50. The van der Waals surface area contributed by atoms with E-state index in [0.29, 0.717) is 23.4 Å². The number of aromatic nitrogens is 2. The Morgan fingerprint density at radius 3 is 2.54 bits per heavy atom. The lowest BCUT2D eigenvalue weighted by Crippen LogP contribution is -2.26. The van der Waals surface area contributed by atoms with Crippen LogP contribution in [0.5, 0.6) is 5.75 Å². The van der Waals surface area contributed by atoms with Gasteiger partial charge in [0, 0.05) is 7.05 Å². The van der Waals surface area contributed by atoms with Crippen molar-refractivity contribution in [2.45, 2.75) is 37.0 Å². The van der Waals surface area contributed by atoms with E-state index in [9.17, 15) is 8.42 Å². The van der Waals surface area contributed by atoms with Gasteiger partial charge in [0.2, 0.25) is 5.13 Å². The largest absolute Gasteiger partial charge is 0.493 e. The maximum absolute atomic E-state index is 12.6. The summed E-state index contributed by atoms with van der Waals surface area (Å²) in [5.74, 6) is 1.32. The van der Waals surface area contributed by atoms with Crippen molar-refractivity contribution in [2.24, 2.45) is 5.92 Å². The molecule has 1 saturated carbocycles. The van der Waals surface area contributed by atoms with Gasteiger partial charge in [0.1, 0.15) is 11.3 Å². The first-order valence-electron chi connectivity index (χ1n) is 8.05. The molecule has 24 heavy (non-hydrogen) atoms. The second-order valence-corrected chi connectivity index (χ2v) is 8.76. The molecule has 1 heterocycles. The molecular weight excluding hydrogens is 346 g/mol. The Morgan fingerprint density at radius 2 is 1.92 bits per heavy atom. The van der Waals surface area contributed by atoms with Gasteiger partial charge in [-0.3, -0.25) is 0 Å². The van der Waals surface area contributed by atoms with E-state index in [2.05, 4.69) is 10.2 Å². The molecule has 3 rings (SSSR count). The molecule has 0 amide bonds. The highest BCUT2D eigenvalue weighted by molar-refractivity contribution is 7.93. The standard InChI is InChI=1S/C16H21N3O3S2/c1-19(16-18-17-12-23-16)24(20,21)15-9-7-14(8-10-15)22-11-13-5-3-2-4-6-13/h7-10,12-13H,2-6,11H2,1H3. The van der Waals surface area contributed by atoms with E-state index < -0.39 is 10.0 Å². The van der Waals surface area contributed by atoms with Crippen LogP contribution in [0.2, 0.25) is 0 Å². The molecule has 0 bridgehead atoms. The third-order valence-electron chi connectivity index (χ3n) is 4.31. The van der Waals surface area contributed by atoms with Gasteiger partial charge < -0.3 is 4.74 Å². The van der Waals surface area contributed by atoms with Crippen LogP contribution in [0.4, 0.5) is 5.13 Å². The fourth-order valence-electron chi connectivity index (χ4n) is 2.84. The lowest BCUT2D eigenvalue weighted by molar-refractivity contribution is 0.209. The number of ether oxygens (including phenoxy) is 1. The summed E-state index contributed by atoms with van der Waals surface area (Å²) in [6.45, 7) is 0.705. The molecule has 130 valence electrons. The Labute approximate surface area is 146 Å². The van der Waals surface area contributed by atoms with E-state index in [4.69, 9.17) is 4.74 Å². The molecular formula is C16H21N3O3S2. The Bertz CT molecular complexity index is 739. The highest BCUT2D eigenvalue weighted by Gasteiger charge is 2.23. The quantitative estimate of drug-likeness (QED) is 0.783. The minimum absolute atomic E-state index is 0.213. The second kappa shape index (κ2) is 7.48. The fourth-order valence-corrected chi connectivity index (χ4v) is 4.73. The second-order valence-electron chi connectivity index (χ2n) is 5.98. The summed E-state index contributed by atoms with van der Waals surface area (Å²) >= 11 is 1.18. The van der Waals surface area contributed by atoms with E-state index in [1.54, 1.807) is 24.3 Å². The number of anilines is 1. The molecule has 1 aromatic heterocycles. The Balaban J connectivity index is 1.65. The molecule has 1 fully saturated rings. The third-order valence-corrected chi connectivity index (χ3v) is 6.95. The molecule has 0 spiro atoms. The van der Waals surface area contributed by atoms with E-state index in [1.807, 2.05) is 0 Å². The number of nitrogens with zero attached hydrogens (tertiary/aromatic N) is 3. The first kappa shape index (κ1) is 17.2. The molecule has 0 atom stereocenters. The zero-order valence-corrected chi connectivity index (χ0v) is 15.2. The third kappa shape index (κ3) is 3.87. The smallest absolute Gasteiger partial charge is 0.265 e. The molecule has 1 aromatic carbocycles. The molecule has 2 aromatic rings. The van der Waals surface area contributed by atoms with E-state index >= 15 is 0 Å². The predicted octanol–water partition coefficient (Wildman–Crippen LogP) is 3.32. The summed E-state index contributed by atoms with van der Waals surface area (Å²) < 4.78 is 32.1. The summed E-state index contributed by atoms with van der Waals surface area (Å²) in [5, 5.41) is 7.81. The maximum atomic E-state index is 12.6. The van der Waals surface area contributed by atoms with Gasteiger partial charge in [-0.15, -0.1) is 10.2 Å². The van der Waals surface area contributed by atoms with E-state index in [1.165, 1.54) is 56.0 Å². The molecule has 0 saturated heterocycles. The lowest BCUT2D eigenvalue weighted by atomic mass is 9.90. The van der Waals surface area contributed by atoms with Crippen molar-refractivity contribution in [3.05, 3.63) is 29.8 Å². The summed E-state index contributed by atoms with van der Waals surface area (Å²) in [7, 11) is -2.15. The van der Waals surface area contributed by atoms with Crippen LogP contribution in [0.1, 0.15) is 32.1 Å². The number of sulfonamides is 1.